The van der Waals surface area contributed by atoms with E-state index in [-0.39, 0.29) is 5.91 Å². The van der Waals surface area contributed by atoms with Crippen molar-refractivity contribution < 1.29 is 9.32 Å². The number of amides is 1. The van der Waals surface area contributed by atoms with Gasteiger partial charge in [0.15, 0.2) is 0 Å². The Balaban J connectivity index is 1.53. The first-order valence-electron chi connectivity index (χ1n) is 11.8. The first kappa shape index (κ1) is 22.4. The summed E-state index contributed by atoms with van der Waals surface area (Å²) in [6.45, 7) is 5.13. The Morgan fingerprint density at radius 2 is 1.71 bits per heavy atom. The average molecular weight is 472 g/mol. The number of hydrogen-bond donors (Lipinski definition) is 0. The fraction of sp³-hybridized carbons (Fsp3) is 0.286. The monoisotopic (exact) mass is 471 g/mol. The van der Waals surface area contributed by atoms with Gasteiger partial charge in [-0.15, -0.1) is 11.3 Å². The van der Waals surface area contributed by atoms with Crippen LogP contribution in [0, 0.1) is 5.92 Å². The van der Waals surface area contributed by atoms with Gasteiger partial charge in [0, 0.05) is 25.2 Å². The molecule has 3 heterocycles. The fourth-order valence-electron chi connectivity index (χ4n) is 4.48. The number of thiophene rings is 1. The van der Waals surface area contributed by atoms with Crippen molar-refractivity contribution in [3.8, 4) is 11.3 Å². The summed E-state index contributed by atoms with van der Waals surface area (Å²) >= 11 is 1.47. The number of rotatable bonds is 7. The van der Waals surface area contributed by atoms with Gasteiger partial charge in [-0.1, -0.05) is 78.8 Å². The molecule has 1 saturated heterocycles. The van der Waals surface area contributed by atoms with Gasteiger partial charge in [0.05, 0.1) is 17.0 Å². The molecule has 5 nitrogen and oxygen atoms in total. The van der Waals surface area contributed by atoms with E-state index in [4.69, 9.17) is 4.52 Å². The highest BCUT2D eigenvalue weighted by Crippen LogP contribution is 2.35. The molecule has 1 aliphatic rings. The number of carbonyl (C=O) groups excluding carboxylic acids is 1. The van der Waals surface area contributed by atoms with E-state index >= 15 is 0 Å². The van der Waals surface area contributed by atoms with Crippen LogP contribution >= 0.6 is 11.3 Å². The summed E-state index contributed by atoms with van der Waals surface area (Å²) in [5.41, 5.74) is 3.88. The molecule has 2 aromatic heterocycles. The van der Waals surface area contributed by atoms with Crippen molar-refractivity contribution in [3.63, 3.8) is 0 Å². The Kier molecular flexibility index (Phi) is 6.77. The highest BCUT2D eigenvalue weighted by Gasteiger charge is 2.28. The number of aromatic nitrogens is 1. The third-order valence-corrected chi connectivity index (χ3v) is 7.33. The molecule has 1 amide bonds. The lowest BCUT2D eigenvalue weighted by Crippen LogP contribution is -2.34. The van der Waals surface area contributed by atoms with Gasteiger partial charge in [0.1, 0.15) is 5.69 Å². The molecular formula is C28H29N3O2S. The molecule has 4 aromatic rings. The third kappa shape index (κ3) is 4.92. The minimum atomic E-state index is 0.0253. The number of benzene rings is 2. The van der Waals surface area contributed by atoms with Crippen LogP contribution < -0.4 is 4.90 Å². The molecule has 0 bridgehead atoms. The summed E-state index contributed by atoms with van der Waals surface area (Å²) in [4.78, 5) is 18.5. The van der Waals surface area contributed by atoms with Crippen LogP contribution in [0.15, 0.2) is 82.7 Å². The maximum atomic E-state index is 13.6. The summed E-state index contributed by atoms with van der Waals surface area (Å²) in [5, 5.41) is 6.46. The normalized spacial score (nSPS) is 14.3. The van der Waals surface area contributed by atoms with Crippen molar-refractivity contribution in [2.75, 3.05) is 18.0 Å². The molecule has 0 unspecified atom stereocenters. The maximum Gasteiger partial charge on any atom is 0.264 e. The number of nitrogens with zero attached hydrogens (tertiary/aromatic N) is 3. The molecule has 5 rings (SSSR count). The van der Waals surface area contributed by atoms with E-state index in [9.17, 15) is 4.79 Å². The Morgan fingerprint density at radius 3 is 2.38 bits per heavy atom. The van der Waals surface area contributed by atoms with Crippen molar-refractivity contribution in [2.45, 2.75) is 32.9 Å². The van der Waals surface area contributed by atoms with Gasteiger partial charge in [-0.3, -0.25) is 4.79 Å². The quantitative estimate of drug-likeness (QED) is 0.309. The van der Waals surface area contributed by atoms with Gasteiger partial charge in [-0.05, 0) is 35.8 Å². The largest absolute Gasteiger partial charge is 0.340 e. The molecule has 34 heavy (non-hydrogen) atoms. The average Bonchev–Trinajstić information content (AvgIpc) is 3.56. The van der Waals surface area contributed by atoms with E-state index < -0.39 is 0 Å². The molecule has 0 saturated carbocycles. The van der Waals surface area contributed by atoms with Crippen LogP contribution in [0.3, 0.4) is 0 Å². The first-order valence-corrected chi connectivity index (χ1v) is 12.7. The van der Waals surface area contributed by atoms with Crippen molar-refractivity contribution >= 4 is 23.1 Å². The van der Waals surface area contributed by atoms with E-state index in [1.165, 1.54) is 11.3 Å². The van der Waals surface area contributed by atoms with Crippen LogP contribution in [0.1, 0.15) is 40.6 Å². The van der Waals surface area contributed by atoms with Gasteiger partial charge in [-0.25, -0.2) is 0 Å². The summed E-state index contributed by atoms with van der Waals surface area (Å²) in [5.74, 6) is 1.53. The Hall–Kier alpha value is -3.38. The topological polar surface area (TPSA) is 49.6 Å². The van der Waals surface area contributed by atoms with E-state index in [1.807, 2.05) is 70.9 Å². The zero-order chi connectivity index (χ0) is 23.3. The second kappa shape index (κ2) is 10.3. The highest BCUT2D eigenvalue weighted by atomic mass is 32.1. The highest BCUT2D eigenvalue weighted by molar-refractivity contribution is 7.12. The number of anilines is 1. The van der Waals surface area contributed by atoms with E-state index in [0.717, 1.165) is 59.1 Å². The lowest BCUT2D eigenvalue weighted by atomic mass is 9.98. The molecular weight excluding hydrogens is 442 g/mol. The molecule has 6 heteroatoms. The fourth-order valence-corrected chi connectivity index (χ4v) is 5.17. The predicted molar refractivity (Wildman–Crippen MR) is 137 cm³/mol. The third-order valence-electron chi connectivity index (χ3n) is 6.47. The molecule has 0 aliphatic carbocycles. The summed E-state index contributed by atoms with van der Waals surface area (Å²) in [6, 6.07) is 24.1. The second-order valence-electron chi connectivity index (χ2n) is 8.97. The van der Waals surface area contributed by atoms with Crippen LogP contribution in [0.25, 0.3) is 11.3 Å². The lowest BCUT2D eigenvalue weighted by Gasteiger charge is -2.31. The minimum absolute atomic E-state index is 0.0253. The van der Waals surface area contributed by atoms with E-state index in [2.05, 4.69) is 29.1 Å². The maximum absolute atomic E-state index is 13.6. The first-order chi connectivity index (χ1) is 16.7. The molecule has 174 valence electrons. The van der Waals surface area contributed by atoms with Crippen LogP contribution in [0.2, 0.25) is 0 Å². The second-order valence-corrected chi connectivity index (χ2v) is 9.92. The Morgan fingerprint density at radius 1 is 1.00 bits per heavy atom. The molecule has 0 N–H and O–H groups in total. The lowest BCUT2D eigenvalue weighted by molar-refractivity contribution is 0.0735. The van der Waals surface area contributed by atoms with Crippen molar-refractivity contribution in [1.29, 1.82) is 0 Å². The number of hydrogen-bond acceptors (Lipinski definition) is 5. The van der Waals surface area contributed by atoms with Crippen LogP contribution in [-0.2, 0) is 13.1 Å². The van der Waals surface area contributed by atoms with Gasteiger partial charge in [-0.2, -0.15) is 0 Å². The zero-order valence-electron chi connectivity index (χ0n) is 19.4. The SMILES string of the molecule is CC1CCN(c2onc(-c3ccccc3)c2CN(Cc2ccccc2)C(=O)c2cccs2)CC1. The van der Waals surface area contributed by atoms with Crippen LogP contribution in [0.4, 0.5) is 5.88 Å². The van der Waals surface area contributed by atoms with E-state index in [1.54, 1.807) is 0 Å². The summed E-state index contributed by atoms with van der Waals surface area (Å²) < 4.78 is 5.99. The number of piperidine rings is 1. The van der Waals surface area contributed by atoms with Crippen LogP contribution in [0.5, 0.6) is 0 Å². The molecule has 0 radical (unpaired) electrons. The summed E-state index contributed by atoms with van der Waals surface area (Å²) in [7, 11) is 0. The zero-order valence-corrected chi connectivity index (χ0v) is 20.2. The Labute approximate surface area is 204 Å². The predicted octanol–water partition coefficient (Wildman–Crippen LogP) is 6.48. The number of carbonyl (C=O) groups is 1. The van der Waals surface area contributed by atoms with Crippen molar-refractivity contribution in [3.05, 3.63) is 94.2 Å². The van der Waals surface area contributed by atoms with Crippen molar-refractivity contribution in [2.24, 2.45) is 5.92 Å². The van der Waals surface area contributed by atoms with Crippen LogP contribution in [-0.4, -0.2) is 29.1 Å². The molecule has 2 aromatic carbocycles. The van der Waals surface area contributed by atoms with Crippen molar-refractivity contribution in [1.82, 2.24) is 10.1 Å². The molecule has 0 spiro atoms. The standard InChI is InChI=1S/C28H29N3O2S/c1-21-14-16-30(17-15-21)28-24(26(29-33-28)23-11-6-3-7-12-23)20-31(19-22-9-4-2-5-10-22)27(32)25-13-8-18-34-25/h2-13,18,21H,14-17,19-20H2,1H3. The smallest absolute Gasteiger partial charge is 0.264 e. The summed E-state index contributed by atoms with van der Waals surface area (Å²) in [6.07, 6.45) is 2.26. The van der Waals surface area contributed by atoms with E-state index in [0.29, 0.717) is 19.0 Å². The van der Waals surface area contributed by atoms with Gasteiger partial charge >= 0.3 is 0 Å². The van der Waals surface area contributed by atoms with Gasteiger partial charge in [0.25, 0.3) is 5.91 Å². The Bertz CT molecular complexity index is 1200. The molecule has 0 atom stereocenters. The molecule has 1 aliphatic heterocycles. The van der Waals surface area contributed by atoms with Gasteiger partial charge in [0.2, 0.25) is 5.88 Å². The van der Waals surface area contributed by atoms with Gasteiger partial charge < -0.3 is 14.3 Å². The molecule has 1 fully saturated rings. The minimum Gasteiger partial charge on any atom is -0.340 e.